The Morgan fingerprint density at radius 1 is 1.53 bits per heavy atom. The van der Waals surface area contributed by atoms with E-state index in [1.165, 1.54) is 0 Å². The summed E-state index contributed by atoms with van der Waals surface area (Å²) >= 11 is 5.82. The van der Waals surface area contributed by atoms with Crippen molar-refractivity contribution in [2.24, 2.45) is 4.99 Å². The van der Waals surface area contributed by atoms with Crippen molar-refractivity contribution in [1.82, 2.24) is 10.6 Å². The lowest BCUT2D eigenvalue weighted by molar-refractivity contribution is 0.0960. The molecule has 1 aromatic carbocycles. The monoisotopic (exact) mass is 223 g/mol. The molecular weight excluding hydrogens is 214 g/mol. The van der Waals surface area contributed by atoms with Crippen molar-refractivity contribution >= 4 is 29.0 Å². The first kappa shape index (κ1) is 9.98. The fourth-order valence-electron chi connectivity index (χ4n) is 1.38. The van der Waals surface area contributed by atoms with Gasteiger partial charge < -0.3 is 10.6 Å². The van der Waals surface area contributed by atoms with Gasteiger partial charge in [0.25, 0.3) is 5.91 Å². The normalized spacial score (nSPS) is 14.8. The predicted molar refractivity (Wildman–Crippen MR) is 59.9 cm³/mol. The van der Waals surface area contributed by atoms with Crippen LogP contribution in [0.4, 0.5) is 5.69 Å². The van der Waals surface area contributed by atoms with E-state index < -0.39 is 0 Å². The maximum atomic E-state index is 11.6. The van der Waals surface area contributed by atoms with E-state index in [1.54, 1.807) is 25.2 Å². The van der Waals surface area contributed by atoms with Gasteiger partial charge in [0.2, 0.25) is 0 Å². The topological polar surface area (TPSA) is 53.5 Å². The highest BCUT2D eigenvalue weighted by molar-refractivity contribution is 6.31. The summed E-state index contributed by atoms with van der Waals surface area (Å²) in [5.41, 5.74) is 1.14. The standard InChI is InChI=1S/C10H10ClN3O/c1-12-9-5-13-10(15)7-4-6(11)2-3-8(7)14-9/h2-4H,5H2,1H3,(H,12,14)(H,13,15). The largest absolute Gasteiger partial charge is 0.375 e. The predicted octanol–water partition coefficient (Wildman–Crippen LogP) is 1.33. The van der Waals surface area contributed by atoms with E-state index in [4.69, 9.17) is 11.6 Å². The second kappa shape index (κ2) is 3.90. The molecule has 1 aromatic rings. The SMILES string of the molecule is CNC1=Nc2ccc(Cl)cc2C(=O)NC1. The molecule has 4 nitrogen and oxygen atoms in total. The number of nitrogens with one attached hydrogen (secondary N) is 2. The molecule has 1 aliphatic rings. The molecule has 0 saturated carbocycles. The Morgan fingerprint density at radius 3 is 3.07 bits per heavy atom. The van der Waals surface area contributed by atoms with Gasteiger partial charge in [0.15, 0.2) is 0 Å². The highest BCUT2D eigenvalue weighted by Gasteiger charge is 2.16. The molecule has 0 atom stereocenters. The summed E-state index contributed by atoms with van der Waals surface area (Å²) in [5, 5.41) is 6.19. The van der Waals surface area contributed by atoms with Gasteiger partial charge in [0.1, 0.15) is 5.84 Å². The Kier molecular flexibility index (Phi) is 2.60. The molecule has 0 bridgehead atoms. The van der Waals surface area contributed by atoms with Crippen molar-refractivity contribution in [2.45, 2.75) is 0 Å². The third kappa shape index (κ3) is 1.94. The van der Waals surface area contributed by atoms with Gasteiger partial charge in [-0.05, 0) is 18.2 Å². The first-order chi connectivity index (χ1) is 7.20. The molecule has 78 valence electrons. The number of amides is 1. The van der Waals surface area contributed by atoms with Gasteiger partial charge in [-0.15, -0.1) is 0 Å². The van der Waals surface area contributed by atoms with E-state index in [9.17, 15) is 4.79 Å². The van der Waals surface area contributed by atoms with Crippen LogP contribution in [0.5, 0.6) is 0 Å². The van der Waals surface area contributed by atoms with Gasteiger partial charge in [-0.25, -0.2) is 4.99 Å². The summed E-state index contributed by atoms with van der Waals surface area (Å²) in [6.07, 6.45) is 0. The summed E-state index contributed by atoms with van der Waals surface area (Å²) in [5.74, 6) is 0.575. The molecular formula is C10H10ClN3O. The minimum atomic E-state index is -0.151. The third-order valence-electron chi connectivity index (χ3n) is 2.16. The van der Waals surface area contributed by atoms with Crippen LogP contribution in [0.3, 0.4) is 0 Å². The van der Waals surface area contributed by atoms with E-state index >= 15 is 0 Å². The second-order valence-corrected chi connectivity index (χ2v) is 3.59. The van der Waals surface area contributed by atoms with E-state index in [0.29, 0.717) is 22.8 Å². The Balaban J connectivity index is 2.53. The van der Waals surface area contributed by atoms with Crippen molar-refractivity contribution in [3.63, 3.8) is 0 Å². The van der Waals surface area contributed by atoms with Crippen molar-refractivity contribution in [2.75, 3.05) is 13.6 Å². The number of hydrogen-bond acceptors (Lipinski definition) is 3. The van der Waals surface area contributed by atoms with Gasteiger partial charge in [-0.2, -0.15) is 0 Å². The van der Waals surface area contributed by atoms with Crippen LogP contribution in [0.2, 0.25) is 5.02 Å². The molecule has 0 fully saturated rings. The second-order valence-electron chi connectivity index (χ2n) is 3.15. The van der Waals surface area contributed by atoms with E-state index in [2.05, 4.69) is 15.6 Å². The molecule has 0 aromatic heterocycles. The summed E-state index contributed by atoms with van der Waals surface area (Å²) in [7, 11) is 1.77. The van der Waals surface area contributed by atoms with Crippen molar-refractivity contribution in [3.05, 3.63) is 28.8 Å². The number of nitrogens with zero attached hydrogens (tertiary/aromatic N) is 1. The van der Waals surface area contributed by atoms with E-state index in [-0.39, 0.29) is 5.91 Å². The lowest BCUT2D eigenvalue weighted by Crippen LogP contribution is -2.33. The number of amidine groups is 1. The molecule has 0 radical (unpaired) electrons. The number of benzene rings is 1. The molecule has 1 heterocycles. The van der Waals surface area contributed by atoms with Crippen LogP contribution in [-0.4, -0.2) is 25.3 Å². The molecule has 2 N–H and O–H groups in total. The van der Waals surface area contributed by atoms with Crippen LogP contribution in [0.15, 0.2) is 23.2 Å². The van der Waals surface area contributed by atoms with Crippen LogP contribution in [0.1, 0.15) is 10.4 Å². The average molecular weight is 224 g/mol. The quantitative estimate of drug-likeness (QED) is 0.697. The molecule has 0 spiro atoms. The van der Waals surface area contributed by atoms with Crippen LogP contribution in [0, 0.1) is 0 Å². The zero-order chi connectivity index (χ0) is 10.8. The summed E-state index contributed by atoms with van der Waals surface area (Å²) in [6, 6.07) is 5.07. The first-order valence-electron chi connectivity index (χ1n) is 4.54. The third-order valence-corrected chi connectivity index (χ3v) is 2.40. The van der Waals surface area contributed by atoms with Crippen LogP contribution < -0.4 is 10.6 Å². The molecule has 2 rings (SSSR count). The van der Waals surface area contributed by atoms with Crippen molar-refractivity contribution in [1.29, 1.82) is 0 Å². The van der Waals surface area contributed by atoms with E-state index in [1.807, 2.05) is 0 Å². The number of carbonyl (C=O) groups is 1. The fourth-order valence-corrected chi connectivity index (χ4v) is 1.55. The molecule has 1 aliphatic heterocycles. The summed E-state index contributed by atoms with van der Waals surface area (Å²) in [4.78, 5) is 16.0. The minimum Gasteiger partial charge on any atom is -0.375 e. The lowest BCUT2D eigenvalue weighted by Gasteiger charge is -2.02. The van der Waals surface area contributed by atoms with Gasteiger partial charge in [0.05, 0.1) is 17.8 Å². The van der Waals surface area contributed by atoms with Crippen molar-refractivity contribution < 1.29 is 4.79 Å². The molecule has 0 saturated heterocycles. The van der Waals surface area contributed by atoms with Gasteiger partial charge in [-0.1, -0.05) is 11.6 Å². The van der Waals surface area contributed by atoms with Gasteiger partial charge in [0, 0.05) is 12.1 Å². The number of carbonyl (C=O) groups excluding carboxylic acids is 1. The molecule has 0 unspecified atom stereocenters. The smallest absolute Gasteiger partial charge is 0.253 e. The van der Waals surface area contributed by atoms with Gasteiger partial charge >= 0.3 is 0 Å². The van der Waals surface area contributed by atoms with Crippen molar-refractivity contribution in [3.8, 4) is 0 Å². The number of rotatable bonds is 0. The Bertz CT molecular complexity index is 442. The highest BCUT2D eigenvalue weighted by atomic mass is 35.5. The number of fused-ring (bicyclic) bond motifs is 1. The maximum Gasteiger partial charge on any atom is 0.253 e. The molecule has 5 heteroatoms. The molecule has 0 aliphatic carbocycles. The fraction of sp³-hybridized carbons (Fsp3) is 0.200. The number of likely N-dealkylation sites (N-methyl/N-ethyl adjacent to an activating group) is 1. The number of aliphatic imine (C=N–C) groups is 1. The highest BCUT2D eigenvalue weighted by Crippen LogP contribution is 2.24. The zero-order valence-corrected chi connectivity index (χ0v) is 8.93. The summed E-state index contributed by atoms with van der Waals surface area (Å²) in [6.45, 7) is 0.404. The number of hydrogen-bond donors (Lipinski definition) is 2. The number of halogens is 1. The van der Waals surface area contributed by atoms with E-state index in [0.717, 1.165) is 5.84 Å². The lowest BCUT2D eigenvalue weighted by atomic mass is 10.2. The molecule has 15 heavy (non-hydrogen) atoms. The maximum absolute atomic E-state index is 11.6. The van der Waals surface area contributed by atoms with Crippen LogP contribution in [-0.2, 0) is 0 Å². The Morgan fingerprint density at radius 2 is 2.33 bits per heavy atom. The van der Waals surface area contributed by atoms with Gasteiger partial charge in [-0.3, -0.25) is 4.79 Å². The molecule has 1 amide bonds. The summed E-state index contributed by atoms with van der Waals surface area (Å²) < 4.78 is 0. The first-order valence-corrected chi connectivity index (χ1v) is 4.91. The zero-order valence-electron chi connectivity index (χ0n) is 8.17. The van der Waals surface area contributed by atoms with Crippen LogP contribution >= 0.6 is 11.6 Å². The van der Waals surface area contributed by atoms with Crippen LogP contribution in [0.25, 0.3) is 0 Å². The average Bonchev–Trinajstić information content (AvgIpc) is 2.39. The Hall–Kier alpha value is -1.55. The Labute approximate surface area is 92.3 Å². The minimum absolute atomic E-state index is 0.151.